The molecular formula is C18H17N3O3S. The van der Waals surface area contributed by atoms with Gasteiger partial charge >= 0.3 is 0 Å². The number of aromatic nitrogens is 2. The minimum atomic E-state index is 0.00701. The summed E-state index contributed by atoms with van der Waals surface area (Å²) in [6.07, 6.45) is 0.00701. The third-order valence-electron chi connectivity index (χ3n) is 3.94. The number of thioether (sulfide) groups is 1. The Bertz CT molecular complexity index is 872. The van der Waals surface area contributed by atoms with Gasteiger partial charge in [-0.2, -0.15) is 0 Å². The SMILES string of the molecule is Cc1cccc(OC2CN(C(=O)CSc3nc4ccccc4o3)C2)n1. The van der Waals surface area contributed by atoms with E-state index in [-0.39, 0.29) is 12.0 Å². The smallest absolute Gasteiger partial charge is 0.257 e. The lowest BCUT2D eigenvalue weighted by Crippen LogP contribution is -2.56. The Balaban J connectivity index is 1.26. The number of carbonyl (C=O) groups excluding carboxylic acids is 1. The lowest BCUT2D eigenvalue weighted by molar-refractivity contribution is -0.137. The molecule has 1 fully saturated rings. The molecule has 0 spiro atoms. The molecule has 0 N–H and O–H groups in total. The summed E-state index contributed by atoms with van der Waals surface area (Å²) in [6.45, 7) is 3.10. The van der Waals surface area contributed by atoms with E-state index in [2.05, 4.69) is 9.97 Å². The lowest BCUT2D eigenvalue weighted by Gasteiger charge is -2.38. The number of hydrogen-bond acceptors (Lipinski definition) is 6. The van der Waals surface area contributed by atoms with Crippen LogP contribution in [-0.4, -0.2) is 45.7 Å². The van der Waals surface area contributed by atoms with Crippen molar-refractivity contribution in [3.05, 3.63) is 48.2 Å². The van der Waals surface area contributed by atoms with E-state index < -0.39 is 0 Å². The number of ether oxygens (including phenoxy) is 1. The highest BCUT2D eigenvalue weighted by atomic mass is 32.2. The molecule has 0 unspecified atom stereocenters. The number of rotatable bonds is 5. The maximum atomic E-state index is 12.2. The summed E-state index contributed by atoms with van der Waals surface area (Å²) in [5, 5.41) is 0.520. The van der Waals surface area contributed by atoms with Crippen molar-refractivity contribution in [2.45, 2.75) is 18.3 Å². The third kappa shape index (κ3) is 3.61. The second-order valence-electron chi connectivity index (χ2n) is 5.89. The van der Waals surface area contributed by atoms with Gasteiger partial charge in [0.25, 0.3) is 5.22 Å². The Hall–Kier alpha value is -2.54. The monoisotopic (exact) mass is 355 g/mol. The lowest BCUT2D eigenvalue weighted by atomic mass is 10.1. The van der Waals surface area contributed by atoms with Gasteiger partial charge in [0.05, 0.1) is 18.8 Å². The van der Waals surface area contributed by atoms with Crippen LogP contribution in [0.3, 0.4) is 0 Å². The van der Waals surface area contributed by atoms with Crippen molar-refractivity contribution in [3.63, 3.8) is 0 Å². The van der Waals surface area contributed by atoms with Gasteiger partial charge in [0, 0.05) is 11.8 Å². The largest absolute Gasteiger partial charge is 0.471 e. The van der Waals surface area contributed by atoms with Crippen molar-refractivity contribution in [3.8, 4) is 5.88 Å². The van der Waals surface area contributed by atoms with E-state index >= 15 is 0 Å². The highest BCUT2D eigenvalue weighted by molar-refractivity contribution is 7.99. The number of aryl methyl sites for hydroxylation is 1. The summed E-state index contributed by atoms with van der Waals surface area (Å²) in [6, 6.07) is 13.2. The first kappa shape index (κ1) is 16.0. The molecule has 3 aromatic rings. The third-order valence-corrected chi connectivity index (χ3v) is 4.76. The van der Waals surface area contributed by atoms with Crippen LogP contribution >= 0.6 is 11.8 Å². The van der Waals surface area contributed by atoms with Gasteiger partial charge in [-0.25, -0.2) is 9.97 Å². The average molecular weight is 355 g/mol. The number of likely N-dealkylation sites (tertiary alicyclic amines) is 1. The fraction of sp³-hybridized carbons (Fsp3) is 0.278. The first-order valence-electron chi connectivity index (χ1n) is 8.04. The Labute approximate surface area is 149 Å². The summed E-state index contributed by atoms with van der Waals surface area (Å²) < 4.78 is 11.4. The summed E-state index contributed by atoms with van der Waals surface area (Å²) in [5.41, 5.74) is 2.46. The summed E-state index contributed by atoms with van der Waals surface area (Å²) >= 11 is 1.32. The van der Waals surface area contributed by atoms with Crippen molar-refractivity contribution in [2.24, 2.45) is 0 Å². The van der Waals surface area contributed by atoms with Gasteiger partial charge in [-0.05, 0) is 25.1 Å². The van der Waals surface area contributed by atoms with Crippen LogP contribution < -0.4 is 4.74 Å². The zero-order valence-electron chi connectivity index (χ0n) is 13.7. The molecule has 1 aliphatic heterocycles. The summed E-state index contributed by atoms with van der Waals surface area (Å²) in [7, 11) is 0. The molecule has 4 rings (SSSR count). The molecule has 25 heavy (non-hydrogen) atoms. The minimum Gasteiger partial charge on any atom is -0.471 e. The molecule has 1 aromatic carbocycles. The van der Waals surface area contributed by atoms with Crippen molar-refractivity contribution in [1.82, 2.24) is 14.9 Å². The van der Waals surface area contributed by atoms with Gasteiger partial charge in [0.2, 0.25) is 11.8 Å². The standard InChI is InChI=1S/C18H17N3O3S/c1-12-5-4-8-16(19-12)23-13-9-21(10-13)17(22)11-25-18-20-14-6-2-3-7-15(14)24-18/h2-8,13H,9-11H2,1H3. The second kappa shape index (κ2) is 6.76. The van der Waals surface area contributed by atoms with Crippen LogP contribution in [0.2, 0.25) is 0 Å². The van der Waals surface area contributed by atoms with Crippen molar-refractivity contribution < 1.29 is 13.9 Å². The Morgan fingerprint density at radius 3 is 2.88 bits per heavy atom. The van der Waals surface area contributed by atoms with Crippen LogP contribution in [-0.2, 0) is 4.79 Å². The fourth-order valence-electron chi connectivity index (χ4n) is 2.60. The summed E-state index contributed by atoms with van der Waals surface area (Å²) in [5.74, 6) is 0.977. The van der Waals surface area contributed by atoms with Crippen molar-refractivity contribution >= 4 is 28.8 Å². The molecule has 128 valence electrons. The minimum absolute atomic E-state index is 0.00701. The topological polar surface area (TPSA) is 68.5 Å². The van der Waals surface area contributed by atoms with Crippen molar-refractivity contribution in [2.75, 3.05) is 18.8 Å². The number of para-hydroxylation sites is 2. The number of amides is 1. The van der Waals surface area contributed by atoms with E-state index in [0.717, 1.165) is 16.8 Å². The number of benzene rings is 1. The number of carbonyl (C=O) groups is 1. The van der Waals surface area contributed by atoms with E-state index in [9.17, 15) is 4.79 Å². The normalized spacial score (nSPS) is 14.5. The molecule has 1 amide bonds. The zero-order valence-corrected chi connectivity index (χ0v) is 14.5. The van der Waals surface area contributed by atoms with Gasteiger partial charge < -0.3 is 14.1 Å². The number of nitrogens with zero attached hydrogens (tertiary/aromatic N) is 3. The molecule has 2 aromatic heterocycles. The highest BCUT2D eigenvalue weighted by Crippen LogP contribution is 2.24. The van der Waals surface area contributed by atoms with Crippen LogP contribution in [0.1, 0.15) is 5.69 Å². The van der Waals surface area contributed by atoms with Crippen LogP contribution in [0, 0.1) is 6.92 Å². The number of pyridine rings is 1. The quantitative estimate of drug-likeness (QED) is 0.656. The molecule has 1 aliphatic rings. The predicted octanol–water partition coefficient (Wildman–Crippen LogP) is 2.91. The van der Waals surface area contributed by atoms with Gasteiger partial charge in [0.1, 0.15) is 11.6 Å². The van der Waals surface area contributed by atoms with E-state index in [1.807, 2.05) is 49.4 Å². The number of hydrogen-bond donors (Lipinski definition) is 0. The van der Waals surface area contributed by atoms with Gasteiger partial charge in [0.15, 0.2) is 5.58 Å². The molecule has 1 saturated heterocycles. The van der Waals surface area contributed by atoms with Gasteiger partial charge in [-0.3, -0.25) is 4.79 Å². The molecule has 0 saturated carbocycles. The van der Waals surface area contributed by atoms with Crippen LogP contribution in [0.4, 0.5) is 0 Å². The Morgan fingerprint density at radius 1 is 1.24 bits per heavy atom. The molecule has 6 nitrogen and oxygen atoms in total. The van der Waals surface area contributed by atoms with E-state index in [1.165, 1.54) is 11.8 Å². The molecule has 0 radical (unpaired) electrons. The number of fused-ring (bicyclic) bond motifs is 1. The van der Waals surface area contributed by atoms with Crippen LogP contribution in [0.5, 0.6) is 5.88 Å². The van der Waals surface area contributed by atoms with E-state index in [0.29, 0.717) is 29.9 Å². The Morgan fingerprint density at radius 2 is 2.08 bits per heavy atom. The summed E-state index contributed by atoms with van der Waals surface area (Å²) in [4.78, 5) is 22.7. The maximum absolute atomic E-state index is 12.2. The molecule has 0 bridgehead atoms. The molecular weight excluding hydrogens is 338 g/mol. The highest BCUT2D eigenvalue weighted by Gasteiger charge is 2.32. The van der Waals surface area contributed by atoms with E-state index in [1.54, 1.807) is 4.90 Å². The fourth-order valence-corrected chi connectivity index (χ4v) is 3.34. The first-order valence-corrected chi connectivity index (χ1v) is 9.02. The predicted molar refractivity (Wildman–Crippen MR) is 94.7 cm³/mol. The average Bonchev–Trinajstić information content (AvgIpc) is 2.98. The second-order valence-corrected chi connectivity index (χ2v) is 6.82. The molecule has 7 heteroatoms. The number of oxazole rings is 1. The Kier molecular flexibility index (Phi) is 4.31. The van der Waals surface area contributed by atoms with Gasteiger partial charge in [-0.15, -0.1) is 0 Å². The molecule has 0 aliphatic carbocycles. The molecule has 0 atom stereocenters. The molecule has 3 heterocycles. The first-order chi connectivity index (χ1) is 12.2. The van der Waals surface area contributed by atoms with Gasteiger partial charge in [-0.1, -0.05) is 30.0 Å². The maximum Gasteiger partial charge on any atom is 0.257 e. The van der Waals surface area contributed by atoms with Crippen molar-refractivity contribution in [1.29, 1.82) is 0 Å². The zero-order chi connectivity index (χ0) is 17.2. The van der Waals surface area contributed by atoms with E-state index in [4.69, 9.17) is 9.15 Å². The van der Waals surface area contributed by atoms with Crippen LogP contribution in [0.25, 0.3) is 11.1 Å². The van der Waals surface area contributed by atoms with Crippen LogP contribution in [0.15, 0.2) is 52.1 Å².